The standard InChI is InChI=1S/C15H20N2O/c1-11-9-13(12-5-3-2-4-6-12)10-17(11)14(18)15(16)7-8-15/h2-6,11,13H,7-10,16H2,1H3. The van der Waals surface area contributed by atoms with Crippen molar-refractivity contribution in [2.24, 2.45) is 5.73 Å². The molecule has 2 atom stereocenters. The third-order valence-electron chi connectivity index (χ3n) is 4.32. The molecule has 2 N–H and O–H groups in total. The van der Waals surface area contributed by atoms with Gasteiger partial charge in [-0.2, -0.15) is 0 Å². The smallest absolute Gasteiger partial charge is 0.242 e. The lowest BCUT2D eigenvalue weighted by Gasteiger charge is -2.24. The van der Waals surface area contributed by atoms with Crippen molar-refractivity contribution in [2.45, 2.75) is 43.7 Å². The quantitative estimate of drug-likeness (QED) is 0.863. The maximum Gasteiger partial charge on any atom is 0.242 e. The van der Waals surface area contributed by atoms with E-state index < -0.39 is 5.54 Å². The van der Waals surface area contributed by atoms with E-state index in [0.717, 1.165) is 25.8 Å². The summed E-state index contributed by atoms with van der Waals surface area (Å²) in [5, 5.41) is 0. The van der Waals surface area contributed by atoms with Gasteiger partial charge in [-0.3, -0.25) is 4.79 Å². The van der Waals surface area contributed by atoms with Crippen molar-refractivity contribution in [3.63, 3.8) is 0 Å². The molecule has 2 aliphatic rings. The van der Waals surface area contributed by atoms with Crippen LogP contribution >= 0.6 is 0 Å². The first-order chi connectivity index (χ1) is 8.60. The van der Waals surface area contributed by atoms with Crippen LogP contribution in [0, 0.1) is 0 Å². The molecule has 1 saturated carbocycles. The van der Waals surface area contributed by atoms with Crippen LogP contribution in [0.25, 0.3) is 0 Å². The normalized spacial score (nSPS) is 29.3. The Hall–Kier alpha value is -1.35. The molecule has 1 aromatic carbocycles. The van der Waals surface area contributed by atoms with E-state index in [2.05, 4.69) is 31.2 Å². The average molecular weight is 244 g/mol. The fourth-order valence-corrected chi connectivity index (χ4v) is 2.92. The summed E-state index contributed by atoms with van der Waals surface area (Å²) in [5.41, 5.74) is 6.83. The molecule has 96 valence electrons. The van der Waals surface area contributed by atoms with Gasteiger partial charge in [0, 0.05) is 18.5 Å². The summed E-state index contributed by atoms with van der Waals surface area (Å²) < 4.78 is 0. The fraction of sp³-hybridized carbons (Fsp3) is 0.533. The van der Waals surface area contributed by atoms with Crippen LogP contribution in [0.4, 0.5) is 0 Å². The highest BCUT2D eigenvalue weighted by Gasteiger charge is 2.50. The van der Waals surface area contributed by atoms with E-state index >= 15 is 0 Å². The molecule has 1 aromatic rings. The summed E-state index contributed by atoms with van der Waals surface area (Å²) in [5.74, 6) is 0.626. The maximum absolute atomic E-state index is 12.3. The van der Waals surface area contributed by atoms with Crippen LogP contribution in [0.3, 0.4) is 0 Å². The van der Waals surface area contributed by atoms with E-state index in [1.165, 1.54) is 5.56 Å². The Bertz CT molecular complexity index is 453. The molecule has 0 spiro atoms. The fourth-order valence-electron chi connectivity index (χ4n) is 2.92. The summed E-state index contributed by atoms with van der Waals surface area (Å²) in [6, 6.07) is 10.8. The average Bonchev–Trinajstić information content (AvgIpc) is 3.02. The Morgan fingerprint density at radius 1 is 1.33 bits per heavy atom. The molecule has 1 saturated heterocycles. The predicted octanol–water partition coefficient (Wildman–Crippen LogP) is 1.88. The van der Waals surface area contributed by atoms with Gasteiger partial charge in [0.25, 0.3) is 0 Å². The van der Waals surface area contributed by atoms with Gasteiger partial charge in [0.2, 0.25) is 5.91 Å². The van der Waals surface area contributed by atoms with Crippen molar-refractivity contribution < 1.29 is 4.79 Å². The lowest BCUT2D eigenvalue weighted by molar-refractivity contribution is -0.134. The first-order valence-corrected chi connectivity index (χ1v) is 6.75. The summed E-state index contributed by atoms with van der Waals surface area (Å²) in [6.07, 6.45) is 2.75. The number of hydrogen-bond donors (Lipinski definition) is 1. The third-order valence-corrected chi connectivity index (χ3v) is 4.32. The van der Waals surface area contributed by atoms with E-state index in [0.29, 0.717) is 12.0 Å². The van der Waals surface area contributed by atoms with E-state index in [1.54, 1.807) is 0 Å². The molecule has 2 unspecified atom stereocenters. The molecule has 18 heavy (non-hydrogen) atoms. The third kappa shape index (κ3) is 1.93. The van der Waals surface area contributed by atoms with Gasteiger partial charge in [0.1, 0.15) is 0 Å². The van der Waals surface area contributed by atoms with E-state index in [-0.39, 0.29) is 5.91 Å². The summed E-state index contributed by atoms with van der Waals surface area (Å²) >= 11 is 0. The predicted molar refractivity (Wildman–Crippen MR) is 71.1 cm³/mol. The number of benzene rings is 1. The highest BCUT2D eigenvalue weighted by atomic mass is 16.2. The lowest BCUT2D eigenvalue weighted by Crippen LogP contribution is -2.47. The van der Waals surface area contributed by atoms with Gasteiger partial charge in [0.15, 0.2) is 0 Å². The molecule has 0 bridgehead atoms. The van der Waals surface area contributed by atoms with Crippen LogP contribution in [-0.4, -0.2) is 28.9 Å². The number of nitrogens with zero attached hydrogens (tertiary/aromatic N) is 1. The van der Waals surface area contributed by atoms with Gasteiger partial charge in [0.05, 0.1) is 5.54 Å². The van der Waals surface area contributed by atoms with Crippen LogP contribution in [0.1, 0.15) is 37.7 Å². The first kappa shape index (κ1) is 11.7. The minimum atomic E-state index is -0.528. The molecule has 0 aromatic heterocycles. The largest absolute Gasteiger partial charge is 0.338 e. The molecular formula is C15H20N2O. The van der Waals surface area contributed by atoms with Crippen LogP contribution in [0.15, 0.2) is 30.3 Å². The molecule has 1 aliphatic heterocycles. The van der Waals surface area contributed by atoms with Crippen molar-refractivity contribution in [2.75, 3.05) is 6.54 Å². The Morgan fingerprint density at radius 2 is 2.00 bits per heavy atom. The van der Waals surface area contributed by atoms with Crippen LogP contribution in [-0.2, 0) is 4.79 Å². The number of carbonyl (C=O) groups excluding carboxylic acids is 1. The van der Waals surface area contributed by atoms with Crippen molar-refractivity contribution in [1.82, 2.24) is 4.90 Å². The summed E-state index contributed by atoms with van der Waals surface area (Å²) in [6.45, 7) is 2.95. The van der Waals surface area contributed by atoms with Crippen LogP contribution in [0.5, 0.6) is 0 Å². The highest BCUT2D eigenvalue weighted by Crippen LogP contribution is 2.39. The first-order valence-electron chi connectivity index (χ1n) is 6.75. The zero-order valence-corrected chi connectivity index (χ0v) is 10.8. The Kier molecular flexibility index (Phi) is 2.67. The molecule has 1 heterocycles. The number of carbonyl (C=O) groups is 1. The molecule has 2 fully saturated rings. The monoisotopic (exact) mass is 244 g/mol. The van der Waals surface area contributed by atoms with Crippen molar-refractivity contribution in [3.8, 4) is 0 Å². The van der Waals surface area contributed by atoms with Gasteiger partial charge in [-0.05, 0) is 31.7 Å². The minimum absolute atomic E-state index is 0.161. The van der Waals surface area contributed by atoms with Crippen molar-refractivity contribution >= 4 is 5.91 Å². The molecule has 3 heteroatoms. The van der Waals surface area contributed by atoms with Gasteiger partial charge in [-0.25, -0.2) is 0 Å². The number of amides is 1. The second-order valence-corrected chi connectivity index (χ2v) is 5.81. The zero-order chi connectivity index (χ0) is 12.8. The maximum atomic E-state index is 12.3. The number of nitrogens with two attached hydrogens (primary N) is 1. The van der Waals surface area contributed by atoms with E-state index in [9.17, 15) is 4.79 Å². The SMILES string of the molecule is CC1CC(c2ccccc2)CN1C(=O)C1(N)CC1. The zero-order valence-electron chi connectivity index (χ0n) is 10.8. The van der Waals surface area contributed by atoms with E-state index in [4.69, 9.17) is 5.73 Å². The van der Waals surface area contributed by atoms with Crippen LogP contribution in [0.2, 0.25) is 0 Å². The topological polar surface area (TPSA) is 46.3 Å². The Morgan fingerprint density at radius 3 is 2.61 bits per heavy atom. The molecule has 1 aliphatic carbocycles. The summed E-state index contributed by atoms with van der Waals surface area (Å²) in [4.78, 5) is 14.3. The van der Waals surface area contributed by atoms with Crippen molar-refractivity contribution in [3.05, 3.63) is 35.9 Å². The summed E-state index contributed by atoms with van der Waals surface area (Å²) in [7, 11) is 0. The van der Waals surface area contributed by atoms with Gasteiger partial charge < -0.3 is 10.6 Å². The number of hydrogen-bond acceptors (Lipinski definition) is 2. The minimum Gasteiger partial charge on any atom is -0.338 e. The molecule has 3 rings (SSSR count). The second kappa shape index (κ2) is 4.09. The van der Waals surface area contributed by atoms with Gasteiger partial charge in [-0.15, -0.1) is 0 Å². The van der Waals surface area contributed by atoms with Crippen molar-refractivity contribution in [1.29, 1.82) is 0 Å². The molecule has 3 nitrogen and oxygen atoms in total. The van der Waals surface area contributed by atoms with E-state index in [1.807, 2.05) is 11.0 Å². The number of rotatable bonds is 2. The highest BCUT2D eigenvalue weighted by molar-refractivity contribution is 5.89. The van der Waals surface area contributed by atoms with Crippen LogP contribution < -0.4 is 5.73 Å². The molecule has 0 radical (unpaired) electrons. The Balaban J connectivity index is 1.75. The number of likely N-dealkylation sites (tertiary alicyclic amines) is 1. The lowest BCUT2D eigenvalue weighted by atomic mass is 9.97. The molecule has 1 amide bonds. The Labute approximate surface area is 108 Å². The second-order valence-electron chi connectivity index (χ2n) is 5.81. The molecular weight excluding hydrogens is 224 g/mol. The van der Waals surface area contributed by atoms with Gasteiger partial charge >= 0.3 is 0 Å². The van der Waals surface area contributed by atoms with Gasteiger partial charge in [-0.1, -0.05) is 30.3 Å².